The Hall–Kier alpha value is -4.55. The number of likely N-dealkylation sites (N-methyl/N-ethyl adjacent to an activating group) is 1. The lowest BCUT2D eigenvalue weighted by Crippen LogP contribution is -2.28. The highest BCUT2D eigenvalue weighted by atomic mass is 32.2. The molecule has 2 N–H and O–H groups in total. The summed E-state index contributed by atoms with van der Waals surface area (Å²) in [6.07, 6.45) is 5.77. The van der Waals surface area contributed by atoms with Crippen LogP contribution in [0, 0.1) is 0 Å². The van der Waals surface area contributed by atoms with Gasteiger partial charge in [-0.1, -0.05) is 6.07 Å². The molecule has 1 spiro atoms. The number of carbonyl (C=O) groups excluding carboxylic acids is 2. The number of carbonyl (C=O) groups is 2. The minimum Gasteiger partial charge on any atom is -0.476 e. The number of nitrogens with one attached hydrogen (secondary N) is 2. The van der Waals surface area contributed by atoms with Crippen LogP contribution in [-0.2, 0) is 25.0 Å². The van der Waals surface area contributed by atoms with Gasteiger partial charge in [-0.05, 0) is 81.4 Å². The Morgan fingerprint density at radius 3 is 2.48 bits per heavy atom. The Kier molecular flexibility index (Phi) is 7.50. The molecule has 1 fully saturated rings. The molecule has 0 bridgehead atoms. The van der Waals surface area contributed by atoms with Gasteiger partial charge in [-0.3, -0.25) is 19.3 Å². The first-order valence-electron chi connectivity index (χ1n) is 14.4. The van der Waals surface area contributed by atoms with E-state index in [9.17, 15) is 18.0 Å². The summed E-state index contributed by atoms with van der Waals surface area (Å²) in [6, 6.07) is 13.4. The smallest absolute Gasteiger partial charge is 0.262 e. The summed E-state index contributed by atoms with van der Waals surface area (Å²) in [5, 5.41) is 3.54. The monoisotopic (exact) mass is 614 g/mol. The van der Waals surface area contributed by atoms with Crippen molar-refractivity contribution in [1.82, 2.24) is 14.9 Å². The average molecular weight is 615 g/mol. The fraction of sp³-hybridized carbons (Fsp3) is 0.312. The second-order valence-corrected chi connectivity index (χ2v) is 13.3. The Bertz CT molecular complexity index is 1890. The zero-order valence-corrected chi connectivity index (χ0v) is 25.9. The van der Waals surface area contributed by atoms with Crippen LogP contribution >= 0.6 is 0 Å². The molecule has 3 heterocycles. The fourth-order valence-electron chi connectivity index (χ4n) is 5.72. The predicted molar refractivity (Wildman–Crippen MR) is 170 cm³/mol. The number of sulfonamides is 1. The van der Waals surface area contributed by atoms with Crippen molar-refractivity contribution in [1.29, 1.82) is 0 Å². The van der Waals surface area contributed by atoms with E-state index < -0.39 is 15.4 Å². The first kappa shape index (κ1) is 29.5. The Labute approximate surface area is 256 Å². The standard InChI is InChI=1S/C32H34N6O5S/c1-20(39)35-23-7-9-24(10-8-23)44(41,42)36-27-17-22(18-34-30(27)43-15-5-14-37(2)3)21-6-11-26-25(16-21)29-28(19-33-26)38(4)31(40)32(29)12-13-32/h6-11,16-19,36H,5,12-15H2,1-4H3,(H,35,39). The van der Waals surface area contributed by atoms with E-state index in [-0.39, 0.29) is 28.3 Å². The maximum absolute atomic E-state index is 13.5. The zero-order valence-electron chi connectivity index (χ0n) is 25.0. The van der Waals surface area contributed by atoms with Crippen molar-refractivity contribution < 1.29 is 22.7 Å². The molecule has 2 aliphatic rings. The lowest BCUT2D eigenvalue weighted by molar-refractivity contribution is -0.120. The number of benzene rings is 2. The molecule has 0 unspecified atom stereocenters. The number of anilines is 3. The van der Waals surface area contributed by atoms with Gasteiger partial charge in [-0.25, -0.2) is 13.4 Å². The van der Waals surface area contributed by atoms with E-state index in [1.165, 1.54) is 31.2 Å². The number of hydrogen-bond acceptors (Lipinski definition) is 8. The average Bonchev–Trinajstić information content (AvgIpc) is 3.76. The second kappa shape index (κ2) is 11.2. The van der Waals surface area contributed by atoms with E-state index in [2.05, 4.69) is 20.0 Å². The molecule has 1 saturated carbocycles. The molecule has 2 aromatic heterocycles. The van der Waals surface area contributed by atoms with Gasteiger partial charge in [0.1, 0.15) is 5.69 Å². The van der Waals surface area contributed by atoms with Gasteiger partial charge >= 0.3 is 0 Å². The van der Waals surface area contributed by atoms with Crippen LogP contribution in [0.15, 0.2) is 65.8 Å². The van der Waals surface area contributed by atoms with Gasteiger partial charge in [0.2, 0.25) is 17.7 Å². The number of ether oxygens (including phenoxy) is 1. The van der Waals surface area contributed by atoms with E-state index in [0.29, 0.717) is 17.9 Å². The SMILES string of the molecule is CC(=O)Nc1ccc(S(=O)(=O)Nc2cc(-c3ccc4ncc5c(c4c3)C3(CC3)C(=O)N5C)cnc2OCCCN(C)C)cc1. The topological polar surface area (TPSA) is 134 Å². The maximum Gasteiger partial charge on any atom is 0.262 e. The van der Waals surface area contributed by atoms with Gasteiger partial charge in [0.05, 0.1) is 34.3 Å². The minimum atomic E-state index is -4.03. The summed E-state index contributed by atoms with van der Waals surface area (Å²) in [4.78, 5) is 37.3. The summed E-state index contributed by atoms with van der Waals surface area (Å²) in [5.74, 6) is 0.0166. The van der Waals surface area contributed by atoms with Gasteiger partial charge in [0.25, 0.3) is 10.0 Å². The number of pyridine rings is 2. The van der Waals surface area contributed by atoms with Crippen molar-refractivity contribution in [3.05, 3.63) is 66.5 Å². The molecule has 11 nitrogen and oxygen atoms in total. The highest BCUT2D eigenvalue weighted by molar-refractivity contribution is 7.92. The van der Waals surface area contributed by atoms with Crippen LogP contribution < -0.4 is 19.7 Å². The highest BCUT2D eigenvalue weighted by Crippen LogP contribution is 2.58. The number of fused-ring (bicyclic) bond motifs is 4. The molecular weight excluding hydrogens is 580 g/mol. The Morgan fingerprint density at radius 2 is 1.80 bits per heavy atom. The lowest BCUT2D eigenvalue weighted by atomic mass is 9.92. The summed E-state index contributed by atoms with van der Waals surface area (Å²) in [5.41, 5.74) is 4.31. The van der Waals surface area contributed by atoms with Crippen LogP contribution in [0.3, 0.4) is 0 Å². The van der Waals surface area contributed by atoms with Crippen molar-refractivity contribution in [2.24, 2.45) is 0 Å². The molecule has 1 aliphatic heterocycles. The van der Waals surface area contributed by atoms with Crippen molar-refractivity contribution in [2.75, 3.05) is 49.2 Å². The van der Waals surface area contributed by atoms with E-state index >= 15 is 0 Å². The molecule has 0 saturated heterocycles. The van der Waals surface area contributed by atoms with Gasteiger partial charge in [0.15, 0.2) is 0 Å². The summed E-state index contributed by atoms with van der Waals surface area (Å²) < 4.78 is 35.5. The Morgan fingerprint density at radius 1 is 1.05 bits per heavy atom. The molecule has 44 heavy (non-hydrogen) atoms. The number of nitrogens with zero attached hydrogens (tertiary/aromatic N) is 4. The van der Waals surface area contributed by atoms with Crippen molar-refractivity contribution in [3.8, 4) is 17.0 Å². The van der Waals surface area contributed by atoms with Crippen molar-refractivity contribution in [2.45, 2.75) is 36.5 Å². The quantitative estimate of drug-likeness (QED) is 0.251. The van der Waals surface area contributed by atoms with E-state index in [0.717, 1.165) is 53.5 Å². The normalized spacial score (nSPS) is 15.1. The fourth-order valence-corrected chi connectivity index (χ4v) is 6.77. The van der Waals surface area contributed by atoms with Crippen LogP contribution in [-0.4, -0.2) is 69.4 Å². The lowest BCUT2D eigenvalue weighted by Gasteiger charge is -2.16. The van der Waals surface area contributed by atoms with Crippen LogP contribution in [0.5, 0.6) is 5.88 Å². The Balaban J connectivity index is 1.37. The van der Waals surface area contributed by atoms with Crippen LogP contribution in [0.1, 0.15) is 31.7 Å². The summed E-state index contributed by atoms with van der Waals surface area (Å²) in [6.45, 7) is 2.53. The zero-order chi connectivity index (χ0) is 31.2. The molecule has 12 heteroatoms. The highest BCUT2D eigenvalue weighted by Gasteiger charge is 2.59. The largest absolute Gasteiger partial charge is 0.476 e. The second-order valence-electron chi connectivity index (χ2n) is 11.6. The number of aromatic nitrogens is 2. The molecular formula is C32H34N6O5S. The third-order valence-corrected chi connectivity index (χ3v) is 9.44. The minimum absolute atomic E-state index is 0.0198. The van der Waals surface area contributed by atoms with Crippen LogP contribution in [0.25, 0.3) is 22.0 Å². The van der Waals surface area contributed by atoms with E-state index in [4.69, 9.17) is 4.74 Å². The predicted octanol–water partition coefficient (Wildman–Crippen LogP) is 4.39. The molecule has 1 aliphatic carbocycles. The third kappa shape index (κ3) is 5.46. The molecule has 0 atom stereocenters. The molecule has 228 valence electrons. The van der Waals surface area contributed by atoms with Gasteiger partial charge in [0, 0.05) is 48.9 Å². The van der Waals surface area contributed by atoms with Gasteiger partial charge < -0.3 is 19.9 Å². The summed E-state index contributed by atoms with van der Waals surface area (Å²) in [7, 11) is 1.70. The van der Waals surface area contributed by atoms with E-state index in [1.807, 2.05) is 37.2 Å². The number of amides is 2. The molecule has 2 amide bonds. The molecule has 2 aromatic carbocycles. The van der Waals surface area contributed by atoms with Gasteiger partial charge in [-0.2, -0.15) is 0 Å². The molecule has 0 radical (unpaired) electrons. The summed E-state index contributed by atoms with van der Waals surface area (Å²) >= 11 is 0. The number of hydrogen-bond donors (Lipinski definition) is 2. The third-order valence-electron chi connectivity index (χ3n) is 8.05. The van der Waals surface area contributed by atoms with Crippen molar-refractivity contribution in [3.63, 3.8) is 0 Å². The first-order chi connectivity index (χ1) is 21.0. The molecule has 4 aromatic rings. The maximum atomic E-state index is 13.5. The first-order valence-corrected chi connectivity index (χ1v) is 15.9. The van der Waals surface area contributed by atoms with E-state index in [1.54, 1.807) is 30.4 Å². The van der Waals surface area contributed by atoms with Crippen LogP contribution in [0.4, 0.5) is 17.1 Å². The number of rotatable bonds is 10. The molecule has 6 rings (SSSR count). The van der Waals surface area contributed by atoms with Crippen LogP contribution in [0.2, 0.25) is 0 Å². The van der Waals surface area contributed by atoms with Gasteiger partial charge in [-0.15, -0.1) is 0 Å². The van der Waals surface area contributed by atoms with Crippen molar-refractivity contribution >= 4 is 49.8 Å².